The fraction of sp³-hybridized carbons (Fsp3) is 0.333. The average Bonchev–Trinajstić information content (AvgIpc) is 2.97. The Hall–Kier alpha value is -2.14. The number of rotatable bonds is 6. The van der Waals surface area contributed by atoms with Crippen molar-refractivity contribution in [2.24, 2.45) is 0 Å². The topological polar surface area (TPSA) is 61.6 Å². The number of esters is 1. The first-order valence-electron chi connectivity index (χ1n) is 6.40. The maximum Gasteiger partial charge on any atom is 0.373 e. The fourth-order valence-corrected chi connectivity index (χ4v) is 1.75. The van der Waals surface area contributed by atoms with Crippen LogP contribution in [0.5, 0.6) is 0 Å². The standard InChI is InChI=1S/C15H17NO4/c1-11(13-6-7-14(20-13)15(17)18-2)19-10-8-12-5-3-4-9-16-12/h3-7,9,11H,8,10H2,1-2H3. The van der Waals surface area contributed by atoms with Crippen LogP contribution in [0, 0.1) is 0 Å². The van der Waals surface area contributed by atoms with E-state index >= 15 is 0 Å². The van der Waals surface area contributed by atoms with Gasteiger partial charge in [0.1, 0.15) is 11.9 Å². The van der Waals surface area contributed by atoms with Gasteiger partial charge in [0.25, 0.3) is 0 Å². The van der Waals surface area contributed by atoms with E-state index in [1.54, 1.807) is 18.3 Å². The predicted octanol–water partition coefficient (Wildman–Crippen LogP) is 2.78. The predicted molar refractivity (Wildman–Crippen MR) is 72.4 cm³/mol. The zero-order valence-electron chi connectivity index (χ0n) is 11.5. The van der Waals surface area contributed by atoms with E-state index in [1.165, 1.54) is 7.11 Å². The van der Waals surface area contributed by atoms with E-state index in [0.29, 0.717) is 12.4 Å². The summed E-state index contributed by atoms with van der Waals surface area (Å²) in [5.74, 6) is 0.297. The van der Waals surface area contributed by atoms with Crippen molar-refractivity contribution < 1.29 is 18.7 Å². The lowest BCUT2D eigenvalue weighted by Gasteiger charge is -2.10. The van der Waals surface area contributed by atoms with Crippen LogP contribution in [0.2, 0.25) is 0 Å². The summed E-state index contributed by atoms with van der Waals surface area (Å²) in [6.07, 6.45) is 2.26. The molecule has 0 fully saturated rings. The first-order valence-corrected chi connectivity index (χ1v) is 6.40. The highest BCUT2D eigenvalue weighted by atomic mass is 16.5. The number of nitrogens with zero attached hydrogens (tertiary/aromatic N) is 1. The van der Waals surface area contributed by atoms with Crippen LogP contribution < -0.4 is 0 Å². The molecule has 0 saturated heterocycles. The molecule has 20 heavy (non-hydrogen) atoms. The molecule has 0 aromatic carbocycles. The molecule has 2 aromatic heterocycles. The van der Waals surface area contributed by atoms with E-state index in [4.69, 9.17) is 9.15 Å². The van der Waals surface area contributed by atoms with Crippen molar-refractivity contribution >= 4 is 5.97 Å². The Morgan fingerprint density at radius 1 is 1.35 bits per heavy atom. The lowest BCUT2D eigenvalue weighted by atomic mass is 10.3. The van der Waals surface area contributed by atoms with E-state index in [1.807, 2.05) is 25.1 Å². The molecule has 1 atom stereocenters. The van der Waals surface area contributed by atoms with Gasteiger partial charge in [-0.05, 0) is 31.2 Å². The number of carbonyl (C=O) groups excluding carboxylic acids is 1. The second-order valence-electron chi connectivity index (χ2n) is 4.28. The van der Waals surface area contributed by atoms with Crippen LogP contribution in [0.15, 0.2) is 40.9 Å². The zero-order valence-corrected chi connectivity index (χ0v) is 11.5. The SMILES string of the molecule is COC(=O)c1ccc(C(C)OCCc2ccccn2)o1. The van der Waals surface area contributed by atoms with Crippen molar-refractivity contribution in [3.8, 4) is 0 Å². The highest BCUT2D eigenvalue weighted by Gasteiger charge is 2.15. The summed E-state index contributed by atoms with van der Waals surface area (Å²) in [5, 5.41) is 0. The third-order valence-electron chi connectivity index (χ3n) is 2.87. The number of furan rings is 1. The Labute approximate surface area is 117 Å². The number of ether oxygens (including phenoxy) is 2. The van der Waals surface area contributed by atoms with Crippen molar-refractivity contribution in [3.63, 3.8) is 0 Å². The Morgan fingerprint density at radius 2 is 2.20 bits per heavy atom. The molecule has 0 radical (unpaired) electrons. The third-order valence-corrected chi connectivity index (χ3v) is 2.87. The van der Waals surface area contributed by atoms with Crippen LogP contribution in [-0.2, 0) is 15.9 Å². The maximum absolute atomic E-state index is 11.3. The summed E-state index contributed by atoms with van der Waals surface area (Å²) < 4.78 is 15.6. The Morgan fingerprint density at radius 3 is 2.90 bits per heavy atom. The summed E-state index contributed by atoms with van der Waals surface area (Å²) in [4.78, 5) is 15.5. The van der Waals surface area contributed by atoms with Gasteiger partial charge in [0.2, 0.25) is 5.76 Å². The molecule has 0 aliphatic rings. The van der Waals surface area contributed by atoms with E-state index < -0.39 is 5.97 Å². The largest absolute Gasteiger partial charge is 0.463 e. The Balaban J connectivity index is 1.84. The highest BCUT2D eigenvalue weighted by molar-refractivity contribution is 5.86. The van der Waals surface area contributed by atoms with Gasteiger partial charge in [-0.15, -0.1) is 0 Å². The maximum atomic E-state index is 11.3. The molecule has 0 N–H and O–H groups in total. The molecule has 106 valence electrons. The molecule has 5 nitrogen and oxygen atoms in total. The summed E-state index contributed by atoms with van der Waals surface area (Å²) in [5.41, 5.74) is 0.981. The minimum absolute atomic E-state index is 0.183. The molecule has 0 aliphatic heterocycles. The Bertz CT molecular complexity index is 550. The van der Waals surface area contributed by atoms with Gasteiger partial charge in [0.05, 0.1) is 13.7 Å². The van der Waals surface area contributed by atoms with Gasteiger partial charge in [-0.3, -0.25) is 4.98 Å². The normalized spacial score (nSPS) is 12.1. The molecule has 0 bridgehead atoms. The monoisotopic (exact) mass is 275 g/mol. The fourth-order valence-electron chi connectivity index (χ4n) is 1.75. The molecule has 1 unspecified atom stereocenters. The second kappa shape index (κ2) is 6.86. The lowest BCUT2D eigenvalue weighted by molar-refractivity contribution is 0.0459. The van der Waals surface area contributed by atoms with Crippen molar-refractivity contribution in [2.45, 2.75) is 19.4 Å². The number of hydrogen-bond donors (Lipinski definition) is 0. The number of hydrogen-bond acceptors (Lipinski definition) is 5. The first kappa shape index (κ1) is 14.3. The first-order chi connectivity index (χ1) is 9.70. The van der Waals surface area contributed by atoms with Gasteiger partial charge >= 0.3 is 5.97 Å². The quantitative estimate of drug-likeness (QED) is 0.759. The summed E-state index contributed by atoms with van der Waals surface area (Å²) in [6.45, 7) is 2.41. The van der Waals surface area contributed by atoms with Gasteiger partial charge in [0, 0.05) is 18.3 Å². The van der Waals surface area contributed by atoms with E-state index in [-0.39, 0.29) is 11.9 Å². The Kier molecular flexibility index (Phi) is 4.90. The lowest BCUT2D eigenvalue weighted by Crippen LogP contribution is -2.04. The molecule has 0 saturated carbocycles. The summed E-state index contributed by atoms with van der Waals surface area (Å²) in [6, 6.07) is 9.08. The number of methoxy groups -OCH3 is 1. The van der Waals surface area contributed by atoms with Crippen molar-refractivity contribution in [3.05, 3.63) is 53.7 Å². The van der Waals surface area contributed by atoms with Gasteiger partial charge in [0.15, 0.2) is 0 Å². The van der Waals surface area contributed by atoms with Gasteiger partial charge < -0.3 is 13.9 Å². The van der Waals surface area contributed by atoms with E-state index in [9.17, 15) is 4.79 Å². The molecule has 0 amide bonds. The summed E-state index contributed by atoms with van der Waals surface area (Å²) in [7, 11) is 1.32. The van der Waals surface area contributed by atoms with Crippen LogP contribution in [0.25, 0.3) is 0 Å². The van der Waals surface area contributed by atoms with Crippen LogP contribution in [-0.4, -0.2) is 24.7 Å². The summed E-state index contributed by atoms with van der Waals surface area (Å²) >= 11 is 0. The number of aromatic nitrogens is 1. The number of pyridine rings is 1. The second-order valence-corrected chi connectivity index (χ2v) is 4.28. The molecule has 0 spiro atoms. The minimum atomic E-state index is -0.489. The minimum Gasteiger partial charge on any atom is -0.463 e. The van der Waals surface area contributed by atoms with Gasteiger partial charge in [-0.2, -0.15) is 0 Å². The van der Waals surface area contributed by atoms with Crippen LogP contribution in [0.4, 0.5) is 0 Å². The van der Waals surface area contributed by atoms with Crippen LogP contribution in [0.1, 0.15) is 35.0 Å². The van der Waals surface area contributed by atoms with Crippen molar-refractivity contribution in [2.75, 3.05) is 13.7 Å². The molecule has 2 aromatic rings. The average molecular weight is 275 g/mol. The molecule has 0 aliphatic carbocycles. The van der Waals surface area contributed by atoms with E-state index in [0.717, 1.165) is 12.1 Å². The molecule has 5 heteroatoms. The van der Waals surface area contributed by atoms with Gasteiger partial charge in [-0.25, -0.2) is 4.79 Å². The third kappa shape index (κ3) is 3.68. The highest BCUT2D eigenvalue weighted by Crippen LogP contribution is 2.20. The molecule has 2 rings (SSSR count). The van der Waals surface area contributed by atoms with Crippen molar-refractivity contribution in [1.29, 1.82) is 0 Å². The zero-order chi connectivity index (χ0) is 14.4. The smallest absolute Gasteiger partial charge is 0.373 e. The van der Waals surface area contributed by atoms with Crippen LogP contribution >= 0.6 is 0 Å². The van der Waals surface area contributed by atoms with E-state index in [2.05, 4.69) is 9.72 Å². The van der Waals surface area contributed by atoms with Crippen LogP contribution in [0.3, 0.4) is 0 Å². The number of carbonyl (C=O) groups is 1. The van der Waals surface area contributed by atoms with Crippen molar-refractivity contribution in [1.82, 2.24) is 4.98 Å². The molecular formula is C15H17NO4. The molecular weight excluding hydrogens is 258 g/mol. The molecule has 2 heterocycles. The van der Waals surface area contributed by atoms with Gasteiger partial charge in [-0.1, -0.05) is 6.07 Å².